The number of carbonyl (C=O) groups is 1. The van der Waals surface area contributed by atoms with Crippen molar-refractivity contribution in [3.63, 3.8) is 0 Å². The van der Waals surface area contributed by atoms with Crippen molar-refractivity contribution in [2.75, 3.05) is 20.3 Å². The predicted molar refractivity (Wildman–Crippen MR) is 91.7 cm³/mol. The highest BCUT2D eigenvalue weighted by Crippen LogP contribution is 2.26. The summed E-state index contributed by atoms with van der Waals surface area (Å²) in [5, 5.41) is 11.7. The zero-order valence-corrected chi connectivity index (χ0v) is 14.7. The molecule has 0 aliphatic rings. The minimum absolute atomic E-state index is 0.0906. The number of carbonyl (C=O) groups excluding carboxylic acids is 1. The number of hydrogen-bond donors (Lipinski definition) is 0. The van der Waals surface area contributed by atoms with Crippen LogP contribution in [0.4, 0.5) is 0 Å². The molecule has 0 fully saturated rings. The Labute approximate surface area is 146 Å². The number of ether oxygens (including phenoxy) is 2. The van der Waals surface area contributed by atoms with Gasteiger partial charge in [0.05, 0.1) is 12.3 Å². The van der Waals surface area contributed by atoms with Gasteiger partial charge in [0.15, 0.2) is 0 Å². The second-order valence-electron chi connectivity index (χ2n) is 4.39. The Morgan fingerprint density at radius 2 is 2.30 bits per heavy atom. The van der Waals surface area contributed by atoms with Crippen molar-refractivity contribution in [3.05, 3.63) is 45.4 Å². The van der Waals surface area contributed by atoms with Crippen LogP contribution in [0.1, 0.15) is 5.69 Å². The first kappa shape index (κ1) is 17.3. The van der Waals surface area contributed by atoms with Crippen molar-refractivity contribution in [1.82, 2.24) is 4.98 Å². The summed E-state index contributed by atoms with van der Waals surface area (Å²) >= 11 is 4.86. The number of nitriles is 1. The molecule has 5 nitrogen and oxygen atoms in total. The molecule has 0 aliphatic carbocycles. The number of benzene rings is 1. The highest BCUT2D eigenvalue weighted by atomic mass is 79.9. The van der Waals surface area contributed by atoms with Gasteiger partial charge in [0.2, 0.25) is 0 Å². The average Bonchev–Trinajstić information content (AvgIpc) is 3.01. The van der Waals surface area contributed by atoms with Crippen LogP contribution in [0.5, 0.6) is 0 Å². The maximum atomic E-state index is 11.8. The van der Waals surface area contributed by atoms with Crippen molar-refractivity contribution in [3.8, 4) is 16.6 Å². The molecule has 1 aromatic heterocycles. The van der Waals surface area contributed by atoms with Gasteiger partial charge < -0.3 is 9.47 Å². The molecule has 0 N–H and O–H groups in total. The summed E-state index contributed by atoms with van der Waals surface area (Å²) in [7, 11) is 1.51. The molecule has 118 valence electrons. The maximum Gasteiger partial charge on any atom is 0.349 e. The molecule has 0 saturated carbocycles. The van der Waals surface area contributed by atoms with E-state index in [1.807, 2.05) is 30.3 Å². The van der Waals surface area contributed by atoms with Gasteiger partial charge in [-0.25, -0.2) is 9.78 Å². The van der Waals surface area contributed by atoms with Crippen molar-refractivity contribution >= 4 is 39.3 Å². The summed E-state index contributed by atoms with van der Waals surface area (Å²) < 4.78 is 10.7. The van der Waals surface area contributed by atoms with Crippen LogP contribution in [-0.4, -0.2) is 31.3 Å². The zero-order valence-electron chi connectivity index (χ0n) is 12.3. The van der Waals surface area contributed by atoms with E-state index in [-0.39, 0.29) is 18.8 Å². The number of halogens is 1. The molecule has 0 amide bonds. The minimum Gasteiger partial charge on any atom is -0.459 e. The molecular weight excluding hydrogens is 380 g/mol. The van der Waals surface area contributed by atoms with E-state index in [4.69, 9.17) is 14.7 Å². The van der Waals surface area contributed by atoms with E-state index < -0.39 is 5.97 Å². The molecule has 1 heterocycles. The van der Waals surface area contributed by atoms with E-state index in [1.54, 1.807) is 5.38 Å². The van der Waals surface area contributed by atoms with Crippen LogP contribution < -0.4 is 0 Å². The van der Waals surface area contributed by atoms with E-state index >= 15 is 0 Å². The zero-order chi connectivity index (χ0) is 16.7. The second kappa shape index (κ2) is 8.58. The van der Waals surface area contributed by atoms with Crippen molar-refractivity contribution < 1.29 is 14.3 Å². The fourth-order valence-corrected chi connectivity index (χ4v) is 2.86. The Morgan fingerprint density at radius 1 is 1.48 bits per heavy atom. The van der Waals surface area contributed by atoms with Crippen LogP contribution in [0.25, 0.3) is 16.6 Å². The predicted octanol–water partition coefficient (Wildman–Crippen LogP) is 3.67. The van der Waals surface area contributed by atoms with Crippen LogP contribution in [0, 0.1) is 11.3 Å². The number of aromatic nitrogens is 1. The van der Waals surface area contributed by atoms with Gasteiger partial charge in [-0.15, -0.1) is 11.3 Å². The smallest absolute Gasteiger partial charge is 0.349 e. The first-order valence-corrected chi connectivity index (χ1v) is 8.30. The number of esters is 1. The van der Waals surface area contributed by atoms with E-state index in [1.165, 1.54) is 24.5 Å². The summed E-state index contributed by atoms with van der Waals surface area (Å²) in [6.45, 7) is 0.392. The molecule has 0 bridgehead atoms. The number of hydrogen-bond acceptors (Lipinski definition) is 6. The lowest BCUT2D eigenvalue weighted by atomic mass is 10.2. The summed E-state index contributed by atoms with van der Waals surface area (Å²) in [6, 6.07) is 9.59. The number of nitrogens with zero attached hydrogens (tertiary/aromatic N) is 2. The minimum atomic E-state index is -0.679. The number of thiazole rings is 1. The maximum absolute atomic E-state index is 11.8. The SMILES string of the molecule is COCCOC(=O)/C(C#N)=C/c1csc(-c2cccc(Br)c2)n1. The Bertz CT molecular complexity index is 765. The standard InChI is InChI=1S/C16H13BrN2O3S/c1-21-5-6-22-16(20)12(9-18)8-14-10-23-15(19-14)11-3-2-4-13(17)7-11/h2-4,7-8,10H,5-6H2,1H3/b12-8+. The Balaban J connectivity index is 2.15. The second-order valence-corrected chi connectivity index (χ2v) is 6.16. The molecule has 2 aromatic rings. The molecule has 23 heavy (non-hydrogen) atoms. The number of rotatable bonds is 6. The fraction of sp³-hybridized carbons (Fsp3) is 0.188. The molecule has 0 unspecified atom stereocenters. The van der Waals surface area contributed by atoms with Gasteiger partial charge in [-0.1, -0.05) is 28.1 Å². The lowest BCUT2D eigenvalue weighted by Crippen LogP contribution is -2.11. The Kier molecular flexibility index (Phi) is 6.47. The Morgan fingerprint density at radius 3 is 3.00 bits per heavy atom. The van der Waals surface area contributed by atoms with Gasteiger partial charge in [-0.3, -0.25) is 0 Å². The van der Waals surface area contributed by atoms with Crippen LogP contribution in [0.15, 0.2) is 39.7 Å². The van der Waals surface area contributed by atoms with Crippen molar-refractivity contribution in [2.45, 2.75) is 0 Å². The molecule has 0 radical (unpaired) electrons. The highest BCUT2D eigenvalue weighted by Gasteiger charge is 2.12. The first-order chi connectivity index (χ1) is 11.1. The van der Waals surface area contributed by atoms with Crippen LogP contribution >= 0.6 is 27.3 Å². The van der Waals surface area contributed by atoms with Gasteiger partial charge in [-0.2, -0.15) is 5.26 Å². The summed E-state index contributed by atoms with van der Waals surface area (Å²) in [4.78, 5) is 16.2. The van der Waals surface area contributed by atoms with Gasteiger partial charge in [0, 0.05) is 22.5 Å². The topological polar surface area (TPSA) is 72.2 Å². The fourth-order valence-electron chi connectivity index (χ4n) is 1.69. The normalized spacial score (nSPS) is 11.1. The van der Waals surface area contributed by atoms with Crippen LogP contribution in [0.2, 0.25) is 0 Å². The van der Waals surface area contributed by atoms with Crippen molar-refractivity contribution in [2.24, 2.45) is 0 Å². The quantitative estimate of drug-likeness (QED) is 0.324. The molecule has 7 heteroatoms. The van der Waals surface area contributed by atoms with E-state index in [9.17, 15) is 4.79 Å². The van der Waals surface area contributed by atoms with E-state index in [0.717, 1.165) is 15.0 Å². The molecule has 0 aliphatic heterocycles. The highest BCUT2D eigenvalue weighted by molar-refractivity contribution is 9.10. The van der Waals surface area contributed by atoms with Crippen molar-refractivity contribution in [1.29, 1.82) is 5.26 Å². The van der Waals surface area contributed by atoms with Gasteiger partial charge in [-0.05, 0) is 18.2 Å². The molecule has 0 spiro atoms. The molecule has 0 atom stereocenters. The molecule has 2 rings (SSSR count). The molecular formula is C16H13BrN2O3S. The van der Waals surface area contributed by atoms with Crippen LogP contribution in [0.3, 0.4) is 0 Å². The van der Waals surface area contributed by atoms with E-state index in [0.29, 0.717) is 5.69 Å². The van der Waals surface area contributed by atoms with E-state index in [2.05, 4.69) is 20.9 Å². The summed E-state index contributed by atoms with van der Waals surface area (Å²) in [6.07, 6.45) is 1.42. The van der Waals surface area contributed by atoms with Gasteiger partial charge >= 0.3 is 5.97 Å². The third-order valence-corrected chi connectivity index (χ3v) is 4.15. The van der Waals surface area contributed by atoms with Gasteiger partial charge in [0.1, 0.15) is 23.3 Å². The third kappa shape index (κ3) is 4.99. The first-order valence-electron chi connectivity index (χ1n) is 6.63. The monoisotopic (exact) mass is 392 g/mol. The average molecular weight is 393 g/mol. The molecule has 1 aromatic carbocycles. The summed E-state index contributed by atoms with van der Waals surface area (Å²) in [5.74, 6) is -0.679. The lowest BCUT2D eigenvalue weighted by molar-refractivity contribution is -0.139. The van der Waals surface area contributed by atoms with Crippen LogP contribution in [-0.2, 0) is 14.3 Å². The Hall–Kier alpha value is -2.01. The van der Waals surface area contributed by atoms with Gasteiger partial charge in [0.25, 0.3) is 0 Å². The largest absolute Gasteiger partial charge is 0.459 e. The third-order valence-electron chi connectivity index (χ3n) is 2.75. The summed E-state index contributed by atoms with van der Waals surface area (Å²) in [5.41, 5.74) is 1.42. The lowest BCUT2D eigenvalue weighted by Gasteiger charge is -2.01. The number of methoxy groups -OCH3 is 1. The molecule has 0 saturated heterocycles.